The largest absolute Gasteiger partial charge is 0.329 e. The van der Waals surface area contributed by atoms with Crippen LogP contribution in [0, 0.1) is 17.0 Å². The van der Waals surface area contributed by atoms with Crippen molar-refractivity contribution in [2.24, 2.45) is 11.1 Å². The highest BCUT2D eigenvalue weighted by atomic mass is 19.2. The van der Waals surface area contributed by atoms with Gasteiger partial charge in [-0.3, -0.25) is 0 Å². The van der Waals surface area contributed by atoms with Gasteiger partial charge >= 0.3 is 0 Å². The average molecular weight is 241 g/mol. The molecule has 1 aromatic rings. The molecule has 0 heterocycles. The number of carbonyl (C=O) groups excluding carboxylic acids is 1. The minimum atomic E-state index is -1.01. The second-order valence-electron chi connectivity index (χ2n) is 5.17. The van der Waals surface area contributed by atoms with Crippen LogP contribution < -0.4 is 5.73 Å². The van der Waals surface area contributed by atoms with Gasteiger partial charge in [0.05, 0.1) is 5.41 Å². The molecule has 4 heteroatoms. The fourth-order valence-electron chi connectivity index (χ4n) is 1.92. The maximum atomic E-state index is 13.2. The highest BCUT2D eigenvalue weighted by Gasteiger charge is 2.42. The van der Waals surface area contributed by atoms with E-state index >= 15 is 0 Å². The Hall–Kier alpha value is -1.29. The summed E-state index contributed by atoms with van der Waals surface area (Å²) in [7, 11) is 0. The van der Waals surface area contributed by atoms with Crippen molar-refractivity contribution >= 4 is 6.29 Å². The molecule has 0 spiro atoms. The molecule has 1 aromatic carbocycles. The second kappa shape index (κ2) is 4.53. The van der Waals surface area contributed by atoms with Crippen molar-refractivity contribution in [1.82, 2.24) is 0 Å². The molecule has 0 aromatic heterocycles. The molecule has 0 radical (unpaired) electrons. The minimum absolute atomic E-state index is 0.0467. The number of benzene rings is 1. The summed E-state index contributed by atoms with van der Waals surface area (Å²) >= 11 is 0. The SMILES string of the molecule is CC(C)(C)C(C=O)(CN)c1ccc(F)c(F)c1. The lowest BCUT2D eigenvalue weighted by atomic mass is 9.63. The number of hydrogen-bond donors (Lipinski definition) is 1. The third-order valence-electron chi connectivity index (χ3n) is 3.30. The Labute approximate surface area is 99.8 Å². The second-order valence-corrected chi connectivity index (χ2v) is 5.17. The molecule has 2 N–H and O–H groups in total. The molecule has 0 aliphatic heterocycles. The van der Waals surface area contributed by atoms with Gasteiger partial charge in [-0.2, -0.15) is 0 Å². The topological polar surface area (TPSA) is 43.1 Å². The molecule has 1 unspecified atom stereocenters. The van der Waals surface area contributed by atoms with Crippen LogP contribution in [0.4, 0.5) is 8.78 Å². The molecule has 0 aliphatic rings. The zero-order valence-corrected chi connectivity index (χ0v) is 10.3. The fraction of sp³-hybridized carbons (Fsp3) is 0.462. The molecule has 0 aliphatic carbocycles. The van der Waals surface area contributed by atoms with Crippen molar-refractivity contribution < 1.29 is 13.6 Å². The lowest BCUT2D eigenvalue weighted by molar-refractivity contribution is -0.115. The molecule has 0 saturated heterocycles. The molecule has 0 amide bonds. The third kappa shape index (κ3) is 2.22. The van der Waals surface area contributed by atoms with E-state index in [4.69, 9.17) is 5.73 Å². The van der Waals surface area contributed by atoms with E-state index in [1.807, 2.05) is 20.8 Å². The molecule has 1 atom stereocenters. The first-order valence-corrected chi connectivity index (χ1v) is 5.40. The number of aldehydes is 1. The van der Waals surface area contributed by atoms with E-state index in [2.05, 4.69) is 0 Å². The Kier molecular flexibility index (Phi) is 3.67. The van der Waals surface area contributed by atoms with Gasteiger partial charge in [-0.1, -0.05) is 26.8 Å². The highest BCUT2D eigenvalue weighted by molar-refractivity contribution is 5.70. The first kappa shape index (κ1) is 13.8. The number of hydrogen-bond acceptors (Lipinski definition) is 2. The summed E-state index contributed by atoms with van der Waals surface area (Å²) in [4.78, 5) is 11.4. The quantitative estimate of drug-likeness (QED) is 0.826. The third-order valence-corrected chi connectivity index (χ3v) is 3.30. The Bertz CT molecular complexity index is 426. The lowest BCUT2D eigenvalue weighted by Crippen LogP contribution is -2.48. The van der Waals surface area contributed by atoms with Crippen molar-refractivity contribution in [1.29, 1.82) is 0 Å². The van der Waals surface area contributed by atoms with Crippen LogP contribution >= 0.6 is 0 Å². The van der Waals surface area contributed by atoms with Gasteiger partial charge in [-0.05, 0) is 23.1 Å². The zero-order chi connectivity index (χ0) is 13.3. The predicted molar refractivity (Wildman–Crippen MR) is 62.6 cm³/mol. The van der Waals surface area contributed by atoms with Crippen LogP contribution in [0.25, 0.3) is 0 Å². The maximum Gasteiger partial charge on any atom is 0.159 e. The van der Waals surface area contributed by atoms with Crippen LogP contribution in [0.5, 0.6) is 0 Å². The van der Waals surface area contributed by atoms with Gasteiger partial charge in [0.25, 0.3) is 0 Å². The summed E-state index contributed by atoms with van der Waals surface area (Å²) in [6.45, 7) is 5.58. The van der Waals surface area contributed by atoms with Crippen LogP contribution in [-0.2, 0) is 10.2 Å². The summed E-state index contributed by atoms with van der Waals surface area (Å²) in [6.07, 6.45) is 0.722. The van der Waals surface area contributed by atoms with E-state index in [-0.39, 0.29) is 6.54 Å². The smallest absolute Gasteiger partial charge is 0.159 e. The van der Waals surface area contributed by atoms with E-state index < -0.39 is 22.5 Å². The maximum absolute atomic E-state index is 13.2. The Morgan fingerprint density at radius 2 is 1.82 bits per heavy atom. The monoisotopic (exact) mass is 241 g/mol. The first-order chi connectivity index (χ1) is 7.78. The zero-order valence-electron chi connectivity index (χ0n) is 10.3. The number of halogens is 2. The fourth-order valence-corrected chi connectivity index (χ4v) is 1.92. The van der Waals surface area contributed by atoms with Crippen molar-refractivity contribution in [2.75, 3.05) is 6.54 Å². The molecule has 1 rings (SSSR count). The van der Waals surface area contributed by atoms with Gasteiger partial charge in [-0.15, -0.1) is 0 Å². The summed E-state index contributed by atoms with van der Waals surface area (Å²) in [5.41, 5.74) is 4.59. The Morgan fingerprint density at radius 1 is 1.24 bits per heavy atom. The van der Waals surface area contributed by atoms with Crippen LogP contribution in [0.2, 0.25) is 0 Å². The van der Waals surface area contributed by atoms with E-state index in [0.717, 1.165) is 18.4 Å². The lowest BCUT2D eigenvalue weighted by Gasteiger charge is -2.40. The van der Waals surface area contributed by atoms with Crippen molar-refractivity contribution in [2.45, 2.75) is 26.2 Å². The van der Waals surface area contributed by atoms with Crippen LogP contribution in [0.3, 0.4) is 0 Å². The van der Waals surface area contributed by atoms with Gasteiger partial charge < -0.3 is 10.5 Å². The van der Waals surface area contributed by atoms with Crippen LogP contribution in [0.1, 0.15) is 26.3 Å². The number of nitrogens with two attached hydrogens (primary N) is 1. The standard InChI is InChI=1S/C13H17F2NO/c1-12(2,3)13(7-16,8-17)9-4-5-10(14)11(15)6-9/h4-6,8H,7,16H2,1-3H3. The van der Waals surface area contributed by atoms with Gasteiger partial charge in [0.1, 0.15) is 6.29 Å². The number of carbonyl (C=O) groups is 1. The first-order valence-electron chi connectivity index (χ1n) is 5.40. The van der Waals surface area contributed by atoms with Gasteiger partial charge in [-0.25, -0.2) is 8.78 Å². The van der Waals surface area contributed by atoms with Crippen LogP contribution in [-0.4, -0.2) is 12.8 Å². The normalized spacial score (nSPS) is 15.4. The molecular formula is C13H17F2NO. The predicted octanol–water partition coefficient (Wildman–Crippen LogP) is 2.41. The van der Waals surface area contributed by atoms with Crippen molar-refractivity contribution in [3.05, 3.63) is 35.4 Å². The van der Waals surface area contributed by atoms with Crippen LogP contribution in [0.15, 0.2) is 18.2 Å². The summed E-state index contributed by atoms with van der Waals surface area (Å²) in [6, 6.07) is 3.47. The Balaban J connectivity index is 3.42. The summed E-state index contributed by atoms with van der Waals surface area (Å²) in [5, 5.41) is 0. The average Bonchev–Trinajstić information content (AvgIpc) is 2.23. The molecule has 94 valence electrons. The molecule has 2 nitrogen and oxygen atoms in total. The molecule has 0 saturated carbocycles. The molecular weight excluding hydrogens is 224 g/mol. The number of rotatable bonds is 3. The molecule has 0 bridgehead atoms. The van der Waals surface area contributed by atoms with Crippen molar-refractivity contribution in [3.8, 4) is 0 Å². The minimum Gasteiger partial charge on any atom is -0.329 e. The van der Waals surface area contributed by atoms with Gasteiger partial charge in [0.15, 0.2) is 11.6 Å². The van der Waals surface area contributed by atoms with E-state index in [1.54, 1.807) is 0 Å². The molecule has 17 heavy (non-hydrogen) atoms. The summed E-state index contributed by atoms with van der Waals surface area (Å²) < 4.78 is 26.1. The van der Waals surface area contributed by atoms with Gasteiger partial charge in [0.2, 0.25) is 0 Å². The summed E-state index contributed by atoms with van der Waals surface area (Å²) in [5.74, 6) is -1.90. The van der Waals surface area contributed by atoms with E-state index in [0.29, 0.717) is 5.56 Å². The van der Waals surface area contributed by atoms with Crippen molar-refractivity contribution in [3.63, 3.8) is 0 Å². The van der Waals surface area contributed by atoms with Gasteiger partial charge in [0, 0.05) is 6.54 Å². The van der Waals surface area contributed by atoms with E-state index in [1.165, 1.54) is 6.07 Å². The Morgan fingerprint density at radius 3 is 2.18 bits per heavy atom. The molecule has 0 fully saturated rings. The highest BCUT2D eigenvalue weighted by Crippen LogP contribution is 2.39. The van der Waals surface area contributed by atoms with E-state index in [9.17, 15) is 13.6 Å².